The molecule has 0 radical (unpaired) electrons. The number of halogens is 1. The first-order valence-corrected chi connectivity index (χ1v) is 7.09. The summed E-state index contributed by atoms with van der Waals surface area (Å²) in [6, 6.07) is 4.70. The van der Waals surface area contributed by atoms with Gasteiger partial charge in [0.15, 0.2) is 5.13 Å². The third-order valence-electron chi connectivity index (χ3n) is 2.98. The average molecular weight is 293 g/mol. The average Bonchev–Trinajstić information content (AvgIpc) is 2.77. The van der Waals surface area contributed by atoms with Crippen molar-refractivity contribution in [1.29, 1.82) is 0 Å². The van der Waals surface area contributed by atoms with Crippen LogP contribution in [0.25, 0.3) is 0 Å². The van der Waals surface area contributed by atoms with Gasteiger partial charge in [-0.15, -0.1) is 11.3 Å². The molecule has 3 N–H and O–H groups in total. The van der Waals surface area contributed by atoms with Crippen molar-refractivity contribution >= 4 is 22.4 Å². The Balaban J connectivity index is 1.98. The smallest absolute Gasteiger partial charge is 0.226 e. The maximum Gasteiger partial charge on any atom is 0.226 e. The Bertz CT molecular complexity index is 627. The van der Waals surface area contributed by atoms with E-state index in [1.165, 1.54) is 17.4 Å². The third-order valence-corrected chi connectivity index (χ3v) is 3.71. The summed E-state index contributed by atoms with van der Waals surface area (Å²) in [5.74, 6) is -0.431. The Morgan fingerprint density at radius 1 is 1.55 bits per heavy atom. The van der Waals surface area contributed by atoms with Crippen molar-refractivity contribution in [3.63, 3.8) is 0 Å². The summed E-state index contributed by atoms with van der Waals surface area (Å²) < 4.78 is 13.5. The van der Waals surface area contributed by atoms with Crippen LogP contribution in [0.1, 0.15) is 29.8 Å². The van der Waals surface area contributed by atoms with E-state index in [4.69, 9.17) is 5.73 Å². The minimum Gasteiger partial charge on any atom is -0.375 e. The first-order chi connectivity index (χ1) is 9.45. The number of anilines is 1. The summed E-state index contributed by atoms with van der Waals surface area (Å²) in [4.78, 5) is 15.9. The molecule has 0 fully saturated rings. The lowest BCUT2D eigenvalue weighted by Gasteiger charge is -2.14. The molecule has 1 aromatic heterocycles. The maximum absolute atomic E-state index is 13.5. The fourth-order valence-electron chi connectivity index (χ4n) is 1.82. The Hall–Kier alpha value is -1.95. The molecule has 1 aromatic carbocycles. The summed E-state index contributed by atoms with van der Waals surface area (Å²) >= 11 is 1.30. The van der Waals surface area contributed by atoms with Gasteiger partial charge in [0.05, 0.1) is 18.2 Å². The predicted molar refractivity (Wildman–Crippen MR) is 77.9 cm³/mol. The van der Waals surface area contributed by atoms with Crippen molar-refractivity contribution in [2.75, 3.05) is 5.73 Å². The summed E-state index contributed by atoms with van der Waals surface area (Å²) in [7, 11) is 0. The molecule has 0 spiro atoms. The van der Waals surface area contributed by atoms with E-state index in [0.29, 0.717) is 16.4 Å². The number of benzene rings is 1. The standard InChI is InChI=1S/C14H16FN3OS/c1-8-3-4-10(5-12(8)15)9(2)17-13(19)6-11-7-20-14(16)18-11/h3-5,7,9H,6H2,1-2H3,(H2,16,18)(H,17,19). The van der Waals surface area contributed by atoms with E-state index >= 15 is 0 Å². The van der Waals surface area contributed by atoms with Gasteiger partial charge in [-0.1, -0.05) is 12.1 Å². The molecule has 0 saturated heterocycles. The lowest BCUT2D eigenvalue weighted by Crippen LogP contribution is -2.28. The van der Waals surface area contributed by atoms with E-state index in [1.54, 1.807) is 18.4 Å². The van der Waals surface area contributed by atoms with Crippen molar-refractivity contribution in [3.05, 3.63) is 46.2 Å². The molecule has 2 aromatic rings. The van der Waals surface area contributed by atoms with Crippen LogP contribution in [-0.4, -0.2) is 10.9 Å². The van der Waals surface area contributed by atoms with Gasteiger partial charge < -0.3 is 11.1 Å². The van der Waals surface area contributed by atoms with Crippen LogP contribution in [0.4, 0.5) is 9.52 Å². The van der Waals surface area contributed by atoms with Crippen molar-refractivity contribution in [1.82, 2.24) is 10.3 Å². The number of carbonyl (C=O) groups excluding carboxylic acids is 1. The molecule has 0 aliphatic carbocycles. The normalized spacial score (nSPS) is 12.2. The number of carbonyl (C=O) groups is 1. The number of aromatic nitrogens is 1. The van der Waals surface area contributed by atoms with E-state index in [0.717, 1.165) is 5.56 Å². The number of thiazole rings is 1. The van der Waals surface area contributed by atoms with Crippen LogP contribution in [0.15, 0.2) is 23.6 Å². The SMILES string of the molecule is Cc1ccc(C(C)NC(=O)Cc2csc(N)n2)cc1F. The molecule has 0 saturated carbocycles. The number of hydrogen-bond acceptors (Lipinski definition) is 4. The topological polar surface area (TPSA) is 68.0 Å². The van der Waals surface area contributed by atoms with Crippen molar-refractivity contribution < 1.29 is 9.18 Å². The minimum atomic E-state index is -0.268. The Morgan fingerprint density at radius 3 is 2.90 bits per heavy atom. The summed E-state index contributed by atoms with van der Waals surface area (Å²) in [5.41, 5.74) is 7.48. The number of nitrogen functional groups attached to an aromatic ring is 1. The van der Waals surface area contributed by atoms with Crippen LogP contribution in [0.3, 0.4) is 0 Å². The Labute approximate surface area is 120 Å². The van der Waals surface area contributed by atoms with Gasteiger partial charge in [-0.25, -0.2) is 9.37 Å². The summed E-state index contributed by atoms with van der Waals surface area (Å²) in [5, 5.41) is 5.02. The highest BCUT2D eigenvalue weighted by Crippen LogP contribution is 2.17. The lowest BCUT2D eigenvalue weighted by molar-refractivity contribution is -0.121. The molecular weight excluding hydrogens is 277 g/mol. The first-order valence-electron chi connectivity index (χ1n) is 6.21. The third kappa shape index (κ3) is 3.54. The van der Waals surface area contributed by atoms with Crippen LogP contribution < -0.4 is 11.1 Å². The second-order valence-electron chi connectivity index (χ2n) is 4.65. The molecule has 0 aliphatic heterocycles. The van der Waals surface area contributed by atoms with E-state index in [1.807, 2.05) is 13.0 Å². The number of rotatable bonds is 4. The second kappa shape index (κ2) is 6.00. The number of amides is 1. The largest absolute Gasteiger partial charge is 0.375 e. The molecule has 20 heavy (non-hydrogen) atoms. The van der Waals surface area contributed by atoms with Gasteiger partial charge >= 0.3 is 0 Å². The van der Waals surface area contributed by atoms with Crippen LogP contribution >= 0.6 is 11.3 Å². The molecule has 106 valence electrons. The van der Waals surface area contributed by atoms with Crippen molar-refractivity contribution in [2.24, 2.45) is 0 Å². The highest BCUT2D eigenvalue weighted by atomic mass is 32.1. The fourth-order valence-corrected chi connectivity index (χ4v) is 2.39. The molecule has 6 heteroatoms. The molecule has 1 atom stereocenters. The van der Waals surface area contributed by atoms with Gasteiger partial charge in [0, 0.05) is 5.38 Å². The molecular formula is C14H16FN3OS. The first kappa shape index (κ1) is 14.5. The second-order valence-corrected chi connectivity index (χ2v) is 5.54. The monoisotopic (exact) mass is 293 g/mol. The fraction of sp³-hybridized carbons (Fsp3) is 0.286. The van der Waals surface area contributed by atoms with Gasteiger partial charge in [-0.3, -0.25) is 4.79 Å². The molecule has 1 unspecified atom stereocenters. The van der Waals surface area contributed by atoms with Gasteiger partial charge in [-0.2, -0.15) is 0 Å². The number of nitrogens with two attached hydrogens (primary N) is 1. The van der Waals surface area contributed by atoms with Gasteiger partial charge in [0.2, 0.25) is 5.91 Å². The zero-order valence-corrected chi connectivity index (χ0v) is 12.1. The molecule has 1 amide bonds. The van der Waals surface area contributed by atoms with E-state index in [2.05, 4.69) is 10.3 Å². The molecule has 0 aliphatic rings. The Kier molecular flexibility index (Phi) is 4.34. The van der Waals surface area contributed by atoms with Crippen LogP contribution in [-0.2, 0) is 11.2 Å². The van der Waals surface area contributed by atoms with Crippen molar-refractivity contribution in [2.45, 2.75) is 26.3 Å². The highest BCUT2D eigenvalue weighted by Gasteiger charge is 2.12. The van der Waals surface area contributed by atoms with Gasteiger partial charge in [0.25, 0.3) is 0 Å². The van der Waals surface area contributed by atoms with E-state index < -0.39 is 0 Å². The van der Waals surface area contributed by atoms with E-state index in [9.17, 15) is 9.18 Å². The number of aryl methyl sites for hydroxylation is 1. The van der Waals surface area contributed by atoms with Gasteiger partial charge in [-0.05, 0) is 31.0 Å². The van der Waals surface area contributed by atoms with Crippen LogP contribution in [0.5, 0.6) is 0 Å². The molecule has 1 heterocycles. The lowest BCUT2D eigenvalue weighted by atomic mass is 10.1. The molecule has 0 bridgehead atoms. The zero-order valence-electron chi connectivity index (χ0n) is 11.3. The maximum atomic E-state index is 13.5. The summed E-state index contributed by atoms with van der Waals surface area (Å²) in [6.07, 6.45) is 0.173. The highest BCUT2D eigenvalue weighted by molar-refractivity contribution is 7.13. The quantitative estimate of drug-likeness (QED) is 0.910. The van der Waals surface area contributed by atoms with E-state index in [-0.39, 0.29) is 24.2 Å². The number of nitrogens with one attached hydrogen (secondary N) is 1. The van der Waals surface area contributed by atoms with Crippen LogP contribution in [0, 0.1) is 12.7 Å². The summed E-state index contributed by atoms with van der Waals surface area (Å²) in [6.45, 7) is 3.52. The zero-order chi connectivity index (χ0) is 14.7. The minimum absolute atomic E-state index is 0.163. The Morgan fingerprint density at radius 2 is 2.30 bits per heavy atom. The van der Waals surface area contributed by atoms with Crippen LogP contribution in [0.2, 0.25) is 0 Å². The predicted octanol–water partition coefficient (Wildman–Crippen LogP) is 2.59. The molecule has 2 rings (SSSR count). The molecule has 4 nitrogen and oxygen atoms in total. The number of hydrogen-bond donors (Lipinski definition) is 2. The number of nitrogens with zero attached hydrogens (tertiary/aromatic N) is 1. The van der Waals surface area contributed by atoms with Crippen molar-refractivity contribution in [3.8, 4) is 0 Å². The van der Waals surface area contributed by atoms with Gasteiger partial charge in [0.1, 0.15) is 5.82 Å².